The van der Waals surface area contributed by atoms with E-state index in [9.17, 15) is 4.79 Å². The molecule has 0 spiro atoms. The number of anilines is 1. The van der Waals surface area contributed by atoms with E-state index in [2.05, 4.69) is 12.3 Å². The van der Waals surface area contributed by atoms with Crippen LogP contribution in [0.25, 0.3) is 0 Å². The summed E-state index contributed by atoms with van der Waals surface area (Å²) >= 11 is 0. The van der Waals surface area contributed by atoms with Gasteiger partial charge in [0.05, 0.1) is 5.69 Å². The van der Waals surface area contributed by atoms with Crippen molar-refractivity contribution in [1.82, 2.24) is 0 Å². The van der Waals surface area contributed by atoms with Gasteiger partial charge in [0, 0.05) is 17.0 Å². The highest BCUT2D eigenvalue weighted by molar-refractivity contribution is 6.13. The summed E-state index contributed by atoms with van der Waals surface area (Å²) in [4.78, 5) is 12.5. The number of nitrogens with two attached hydrogens (primary N) is 1. The number of hydrazine groups is 1. The molecule has 18 heavy (non-hydrogen) atoms. The topological polar surface area (TPSA) is 55.1 Å². The number of benzene rings is 2. The van der Waals surface area contributed by atoms with Crippen LogP contribution in [0.2, 0.25) is 0 Å². The van der Waals surface area contributed by atoms with Gasteiger partial charge in [0.15, 0.2) is 5.78 Å². The zero-order chi connectivity index (χ0) is 12.7. The number of carbonyl (C=O) groups is 1. The number of hydrogen-bond acceptors (Lipinski definition) is 3. The van der Waals surface area contributed by atoms with E-state index >= 15 is 0 Å². The molecule has 2 aromatic rings. The summed E-state index contributed by atoms with van der Waals surface area (Å²) in [5.74, 6) is 5.79. The van der Waals surface area contributed by atoms with E-state index in [0.29, 0.717) is 0 Å². The molecular weight excluding hydrogens is 224 g/mol. The van der Waals surface area contributed by atoms with Gasteiger partial charge in [0.25, 0.3) is 0 Å². The van der Waals surface area contributed by atoms with Crippen LogP contribution in [0, 0.1) is 0 Å². The lowest BCUT2D eigenvalue weighted by Crippen LogP contribution is -2.21. The van der Waals surface area contributed by atoms with Crippen LogP contribution in [0.3, 0.4) is 0 Å². The van der Waals surface area contributed by atoms with Gasteiger partial charge in [-0.1, -0.05) is 43.3 Å². The maximum atomic E-state index is 12.5. The Hall–Kier alpha value is -2.13. The molecule has 1 aliphatic rings. The molecule has 0 saturated carbocycles. The Morgan fingerprint density at radius 2 is 1.78 bits per heavy atom. The molecule has 0 saturated heterocycles. The minimum atomic E-state index is 0.0794. The van der Waals surface area contributed by atoms with Crippen molar-refractivity contribution in [3.63, 3.8) is 0 Å². The second-order valence-corrected chi connectivity index (χ2v) is 4.55. The van der Waals surface area contributed by atoms with Crippen molar-refractivity contribution in [3.05, 3.63) is 64.7 Å². The lowest BCUT2D eigenvalue weighted by molar-refractivity contribution is 0.103. The van der Waals surface area contributed by atoms with Crippen molar-refractivity contribution < 1.29 is 4.79 Å². The summed E-state index contributed by atoms with van der Waals surface area (Å²) in [7, 11) is 0. The number of carbonyl (C=O) groups excluding carboxylic acids is 1. The summed E-state index contributed by atoms with van der Waals surface area (Å²) in [6.45, 7) is 2.10. The first-order valence-corrected chi connectivity index (χ1v) is 5.97. The molecule has 1 unspecified atom stereocenters. The minimum absolute atomic E-state index is 0.0794. The second kappa shape index (κ2) is 3.96. The van der Waals surface area contributed by atoms with Gasteiger partial charge in [-0.2, -0.15) is 0 Å². The van der Waals surface area contributed by atoms with Crippen LogP contribution in [-0.4, -0.2) is 5.78 Å². The molecule has 0 aromatic heterocycles. The highest BCUT2D eigenvalue weighted by Gasteiger charge is 2.29. The fraction of sp³-hybridized carbons (Fsp3) is 0.133. The van der Waals surface area contributed by atoms with Gasteiger partial charge in [0.1, 0.15) is 0 Å². The first-order chi connectivity index (χ1) is 8.74. The van der Waals surface area contributed by atoms with Crippen LogP contribution in [0.15, 0.2) is 42.5 Å². The predicted octanol–water partition coefficient (Wildman–Crippen LogP) is 2.67. The Morgan fingerprint density at radius 3 is 2.56 bits per heavy atom. The third-order valence-electron chi connectivity index (χ3n) is 3.61. The summed E-state index contributed by atoms with van der Waals surface area (Å²) in [6, 6.07) is 13.4. The van der Waals surface area contributed by atoms with Crippen molar-refractivity contribution in [2.75, 3.05) is 5.43 Å². The van der Waals surface area contributed by atoms with E-state index in [1.54, 1.807) is 0 Å². The van der Waals surface area contributed by atoms with Crippen molar-refractivity contribution in [2.45, 2.75) is 12.8 Å². The predicted molar refractivity (Wildman–Crippen MR) is 71.6 cm³/mol. The maximum absolute atomic E-state index is 12.5. The lowest BCUT2D eigenvalue weighted by atomic mass is 9.77. The van der Waals surface area contributed by atoms with Gasteiger partial charge in [-0.3, -0.25) is 10.6 Å². The van der Waals surface area contributed by atoms with E-state index in [1.807, 2.05) is 42.5 Å². The fourth-order valence-electron chi connectivity index (χ4n) is 2.74. The van der Waals surface area contributed by atoms with Crippen LogP contribution in [-0.2, 0) is 0 Å². The van der Waals surface area contributed by atoms with Gasteiger partial charge >= 0.3 is 0 Å². The van der Waals surface area contributed by atoms with Crippen molar-refractivity contribution in [3.8, 4) is 0 Å². The van der Waals surface area contributed by atoms with Crippen LogP contribution in [0.5, 0.6) is 0 Å². The third-order valence-corrected chi connectivity index (χ3v) is 3.61. The number of rotatable bonds is 1. The monoisotopic (exact) mass is 238 g/mol. The normalized spacial score (nSPS) is 17.0. The van der Waals surface area contributed by atoms with Gasteiger partial charge in [0.2, 0.25) is 0 Å². The Labute approximate surface area is 106 Å². The Balaban J connectivity index is 2.30. The molecule has 2 aromatic carbocycles. The minimum Gasteiger partial charge on any atom is -0.324 e. The summed E-state index contributed by atoms with van der Waals surface area (Å²) in [5.41, 5.74) is 7.11. The lowest BCUT2D eigenvalue weighted by Gasteiger charge is -2.26. The van der Waals surface area contributed by atoms with Gasteiger partial charge in [-0.15, -0.1) is 0 Å². The summed E-state index contributed by atoms with van der Waals surface area (Å²) in [5, 5.41) is 0. The van der Waals surface area contributed by atoms with Crippen molar-refractivity contribution >= 4 is 11.5 Å². The summed E-state index contributed by atoms with van der Waals surface area (Å²) < 4.78 is 0. The number of hydrogen-bond donors (Lipinski definition) is 2. The van der Waals surface area contributed by atoms with Gasteiger partial charge < -0.3 is 5.43 Å². The molecule has 3 nitrogen and oxygen atoms in total. The molecule has 1 aliphatic carbocycles. The van der Waals surface area contributed by atoms with E-state index in [0.717, 1.165) is 27.9 Å². The van der Waals surface area contributed by atoms with Crippen LogP contribution in [0.4, 0.5) is 5.69 Å². The average Bonchev–Trinajstić information content (AvgIpc) is 2.44. The molecule has 0 radical (unpaired) electrons. The van der Waals surface area contributed by atoms with E-state index in [-0.39, 0.29) is 11.7 Å². The number of nitrogen functional groups attached to an aromatic ring is 1. The molecule has 0 aliphatic heterocycles. The highest BCUT2D eigenvalue weighted by Crippen LogP contribution is 2.39. The third kappa shape index (κ3) is 1.38. The van der Waals surface area contributed by atoms with Crippen LogP contribution in [0.1, 0.15) is 39.9 Å². The van der Waals surface area contributed by atoms with Crippen molar-refractivity contribution in [2.24, 2.45) is 5.84 Å². The molecule has 3 rings (SSSR count). The van der Waals surface area contributed by atoms with E-state index in [4.69, 9.17) is 5.84 Å². The number of ketones is 1. The first kappa shape index (κ1) is 11.0. The number of fused-ring (bicyclic) bond motifs is 2. The Kier molecular flexibility index (Phi) is 2.42. The zero-order valence-electron chi connectivity index (χ0n) is 10.1. The van der Waals surface area contributed by atoms with Crippen LogP contribution >= 0.6 is 0 Å². The summed E-state index contributed by atoms with van der Waals surface area (Å²) in [6.07, 6.45) is 0. The quantitative estimate of drug-likeness (QED) is 0.593. The van der Waals surface area contributed by atoms with Gasteiger partial charge in [-0.05, 0) is 17.2 Å². The average molecular weight is 238 g/mol. The van der Waals surface area contributed by atoms with E-state index in [1.165, 1.54) is 0 Å². The molecule has 0 amide bonds. The SMILES string of the molecule is CC1c2ccccc2C(=O)c2cccc(NN)c21. The molecule has 0 bridgehead atoms. The molecule has 3 N–H and O–H groups in total. The maximum Gasteiger partial charge on any atom is 0.193 e. The number of nitrogens with one attached hydrogen (secondary N) is 1. The van der Waals surface area contributed by atoms with Gasteiger partial charge in [-0.25, -0.2) is 0 Å². The zero-order valence-corrected chi connectivity index (χ0v) is 10.1. The van der Waals surface area contributed by atoms with Crippen LogP contribution < -0.4 is 11.3 Å². The van der Waals surface area contributed by atoms with E-state index < -0.39 is 0 Å². The Morgan fingerprint density at radius 1 is 1.06 bits per heavy atom. The highest BCUT2D eigenvalue weighted by atomic mass is 16.1. The smallest absolute Gasteiger partial charge is 0.193 e. The standard InChI is InChI=1S/C15H14N2O/c1-9-10-5-2-3-6-11(10)15(18)12-7-4-8-13(17-16)14(9)12/h2-9,17H,16H2,1H3. The first-order valence-electron chi connectivity index (χ1n) is 5.97. The molecule has 0 fully saturated rings. The largest absolute Gasteiger partial charge is 0.324 e. The fourth-order valence-corrected chi connectivity index (χ4v) is 2.74. The molecule has 1 atom stereocenters. The molecular formula is C15H14N2O. The molecule has 90 valence electrons. The molecule has 3 heteroatoms. The Bertz CT molecular complexity index is 634. The molecule has 0 heterocycles. The second-order valence-electron chi connectivity index (χ2n) is 4.55. The van der Waals surface area contributed by atoms with Crippen molar-refractivity contribution in [1.29, 1.82) is 0 Å².